The van der Waals surface area contributed by atoms with E-state index in [4.69, 9.17) is 23.2 Å². The molecule has 0 amide bonds. The third-order valence-corrected chi connectivity index (χ3v) is 5.25. The van der Waals surface area contributed by atoms with Gasteiger partial charge in [0, 0.05) is 22.2 Å². The van der Waals surface area contributed by atoms with Crippen LogP contribution in [-0.2, 0) is 6.42 Å². The first-order valence-electron chi connectivity index (χ1n) is 7.97. The fourth-order valence-corrected chi connectivity index (χ4v) is 3.48. The second-order valence-corrected chi connectivity index (χ2v) is 7.23. The first-order chi connectivity index (χ1) is 12.6. The predicted octanol–water partition coefficient (Wildman–Crippen LogP) is 6.66. The molecule has 1 aromatic heterocycles. The van der Waals surface area contributed by atoms with Crippen molar-refractivity contribution in [2.24, 2.45) is 0 Å². The lowest BCUT2D eigenvalue weighted by atomic mass is 10.1. The summed E-state index contributed by atoms with van der Waals surface area (Å²) in [5.41, 5.74) is 4.24. The summed E-state index contributed by atoms with van der Waals surface area (Å²) in [5.74, 6) is 0. The van der Waals surface area contributed by atoms with Gasteiger partial charge < -0.3 is 5.32 Å². The second kappa shape index (κ2) is 8.37. The number of aromatic nitrogens is 1. The van der Waals surface area contributed by atoms with Crippen molar-refractivity contribution in [3.8, 4) is 17.3 Å². The third kappa shape index (κ3) is 4.25. The zero-order valence-corrected chi connectivity index (χ0v) is 16.3. The summed E-state index contributed by atoms with van der Waals surface area (Å²) in [7, 11) is 0. The van der Waals surface area contributed by atoms with Crippen LogP contribution in [0.5, 0.6) is 0 Å². The van der Waals surface area contributed by atoms with Gasteiger partial charge in [-0.2, -0.15) is 5.26 Å². The summed E-state index contributed by atoms with van der Waals surface area (Å²) in [4.78, 5) is 4.59. The quantitative estimate of drug-likeness (QED) is 0.488. The summed E-state index contributed by atoms with van der Waals surface area (Å²) in [6, 6.07) is 15.6. The Balaban J connectivity index is 1.83. The number of nitriles is 1. The van der Waals surface area contributed by atoms with Gasteiger partial charge in [0.15, 0.2) is 0 Å². The molecule has 26 heavy (non-hydrogen) atoms. The monoisotopic (exact) mass is 399 g/mol. The summed E-state index contributed by atoms with van der Waals surface area (Å²) < 4.78 is 0. The molecule has 1 heterocycles. The minimum atomic E-state index is 0.433. The van der Waals surface area contributed by atoms with E-state index in [0.717, 1.165) is 17.7 Å². The molecule has 130 valence electrons. The van der Waals surface area contributed by atoms with E-state index in [1.807, 2.05) is 5.38 Å². The van der Waals surface area contributed by atoms with E-state index in [1.54, 1.807) is 24.4 Å². The van der Waals surface area contributed by atoms with Crippen LogP contribution in [0.4, 0.5) is 5.69 Å². The van der Waals surface area contributed by atoms with Crippen LogP contribution >= 0.6 is 34.5 Å². The van der Waals surface area contributed by atoms with E-state index in [-0.39, 0.29) is 0 Å². The molecule has 0 aliphatic heterocycles. The highest BCUT2D eigenvalue weighted by atomic mass is 35.5. The lowest BCUT2D eigenvalue weighted by Gasteiger charge is -2.04. The normalized spacial score (nSPS) is 11.2. The van der Waals surface area contributed by atoms with Crippen molar-refractivity contribution in [2.75, 3.05) is 5.32 Å². The van der Waals surface area contributed by atoms with Crippen molar-refractivity contribution >= 4 is 45.8 Å². The maximum absolute atomic E-state index is 9.48. The number of nitrogens with zero attached hydrogens (tertiary/aromatic N) is 2. The number of nitrogens with one attached hydrogen (secondary N) is 1. The van der Waals surface area contributed by atoms with Crippen LogP contribution in [-0.4, -0.2) is 4.98 Å². The number of benzene rings is 2. The Kier molecular flexibility index (Phi) is 5.95. The summed E-state index contributed by atoms with van der Waals surface area (Å²) in [6.45, 7) is 2.12. The molecule has 0 aliphatic rings. The van der Waals surface area contributed by atoms with Crippen LogP contribution in [0.3, 0.4) is 0 Å². The number of hydrogen-bond donors (Lipinski definition) is 1. The molecule has 1 N–H and O–H groups in total. The van der Waals surface area contributed by atoms with Gasteiger partial charge in [-0.1, -0.05) is 54.4 Å². The van der Waals surface area contributed by atoms with Crippen molar-refractivity contribution in [2.45, 2.75) is 13.3 Å². The van der Waals surface area contributed by atoms with Crippen molar-refractivity contribution < 1.29 is 0 Å². The first-order valence-corrected chi connectivity index (χ1v) is 9.61. The van der Waals surface area contributed by atoms with Crippen LogP contribution in [0.1, 0.15) is 17.5 Å². The van der Waals surface area contributed by atoms with Gasteiger partial charge in [-0.05, 0) is 30.2 Å². The summed E-state index contributed by atoms with van der Waals surface area (Å²) >= 11 is 13.5. The van der Waals surface area contributed by atoms with E-state index >= 15 is 0 Å². The first kappa shape index (κ1) is 18.5. The molecule has 0 atom stereocenters. The van der Waals surface area contributed by atoms with Crippen LogP contribution in [0, 0.1) is 11.3 Å². The number of halogens is 2. The molecular formula is C20H15Cl2N3S. The Bertz CT molecular complexity index is 985. The van der Waals surface area contributed by atoms with Crippen LogP contribution in [0.15, 0.2) is 54.0 Å². The molecule has 3 rings (SSSR count). The molecular weight excluding hydrogens is 385 g/mol. The molecule has 0 unspecified atom stereocenters. The van der Waals surface area contributed by atoms with Gasteiger partial charge in [0.1, 0.15) is 16.6 Å². The molecule has 2 aromatic carbocycles. The van der Waals surface area contributed by atoms with Crippen LogP contribution in [0.25, 0.3) is 16.8 Å². The Morgan fingerprint density at radius 1 is 1.23 bits per heavy atom. The third-order valence-electron chi connectivity index (χ3n) is 3.81. The van der Waals surface area contributed by atoms with Gasteiger partial charge in [0.05, 0.1) is 16.4 Å². The lowest BCUT2D eigenvalue weighted by molar-refractivity contribution is 1.14. The SMILES string of the molecule is CCc1ccc(-c2csc(C(C#N)=CNc3cc(Cl)ccc3Cl)n2)cc1. The molecule has 0 saturated heterocycles. The highest BCUT2D eigenvalue weighted by Crippen LogP contribution is 2.28. The highest BCUT2D eigenvalue weighted by Gasteiger charge is 2.09. The van der Waals surface area contributed by atoms with Gasteiger partial charge in [0.25, 0.3) is 0 Å². The van der Waals surface area contributed by atoms with Crippen LogP contribution < -0.4 is 5.32 Å². The number of hydrogen-bond acceptors (Lipinski definition) is 4. The number of rotatable bonds is 5. The molecule has 0 radical (unpaired) electrons. The molecule has 3 aromatic rings. The van der Waals surface area contributed by atoms with Crippen molar-refractivity contribution in [1.29, 1.82) is 5.26 Å². The van der Waals surface area contributed by atoms with Gasteiger partial charge in [0.2, 0.25) is 0 Å². The largest absolute Gasteiger partial charge is 0.359 e. The standard InChI is InChI=1S/C20H15Cl2N3S/c1-2-13-3-5-14(6-4-13)19-12-26-20(25-19)15(10-23)11-24-18-9-16(21)7-8-17(18)22/h3-9,11-12,24H,2H2,1H3. The molecule has 0 saturated carbocycles. The maximum Gasteiger partial charge on any atom is 0.136 e. The van der Waals surface area contributed by atoms with E-state index in [2.05, 4.69) is 47.6 Å². The molecule has 0 bridgehead atoms. The second-order valence-electron chi connectivity index (χ2n) is 5.53. The zero-order valence-electron chi connectivity index (χ0n) is 14.0. The average molecular weight is 400 g/mol. The van der Waals surface area contributed by atoms with E-state index < -0.39 is 0 Å². The Morgan fingerprint density at radius 3 is 2.69 bits per heavy atom. The molecule has 0 fully saturated rings. The fourth-order valence-electron chi connectivity index (χ4n) is 2.34. The minimum absolute atomic E-state index is 0.433. The van der Waals surface area contributed by atoms with Crippen molar-refractivity contribution in [3.05, 3.63) is 74.7 Å². The topological polar surface area (TPSA) is 48.7 Å². The lowest BCUT2D eigenvalue weighted by Crippen LogP contribution is -1.92. The Hall–Kier alpha value is -2.32. The van der Waals surface area contributed by atoms with Gasteiger partial charge in [-0.25, -0.2) is 4.98 Å². The number of anilines is 1. The van der Waals surface area contributed by atoms with Crippen molar-refractivity contribution in [1.82, 2.24) is 4.98 Å². The summed E-state index contributed by atoms with van der Waals surface area (Å²) in [6.07, 6.45) is 2.60. The Morgan fingerprint density at radius 2 is 2.00 bits per heavy atom. The zero-order chi connectivity index (χ0) is 18.5. The van der Waals surface area contributed by atoms with Gasteiger partial charge >= 0.3 is 0 Å². The van der Waals surface area contributed by atoms with Gasteiger partial charge in [-0.3, -0.25) is 0 Å². The number of aryl methyl sites for hydroxylation is 1. The molecule has 0 spiro atoms. The number of allylic oxidation sites excluding steroid dienone is 1. The molecule has 6 heteroatoms. The van der Waals surface area contributed by atoms with E-state index in [0.29, 0.717) is 26.3 Å². The predicted molar refractivity (Wildman–Crippen MR) is 111 cm³/mol. The van der Waals surface area contributed by atoms with E-state index in [9.17, 15) is 5.26 Å². The van der Waals surface area contributed by atoms with E-state index in [1.165, 1.54) is 16.9 Å². The molecule has 3 nitrogen and oxygen atoms in total. The highest BCUT2D eigenvalue weighted by molar-refractivity contribution is 7.11. The molecule has 0 aliphatic carbocycles. The number of thiazole rings is 1. The average Bonchev–Trinajstić information content (AvgIpc) is 3.15. The Labute approximate surface area is 166 Å². The smallest absolute Gasteiger partial charge is 0.136 e. The maximum atomic E-state index is 9.48. The minimum Gasteiger partial charge on any atom is -0.359 e. The van der Waals surface area contributed by atoms with Gasteiger partial charge in [-0.15, -0.1) is 11.3 Å². The fraction of sp³-hybridized carbons (Fsp3) is 0.100. The van der Waals surface area contributed by atoms with Crippen LogP contribution in [0.2, 0.25) is 10.0 Å². The summed E-state index contributed by atoms with van der Waals surface area (Å²) in [5, 5.41) is 16.2. The van der Waals surface area contributed by atoms with Crippen molar-refractivity contribution in [3.63, 3.8) is 0 Å².